The number of halogens is 4. The Hall–Kier alpha value is -3.33. The van der Waals surface area contributed by atoms with Crippen LogP contribution in [0.4, 0.5) is 13.2 Å². The molecule has 1 amide bonds. The van der Waals surface area contributed by atoms with Gasteiger partial charge in [0.25, 0.3) is 0 Å². The number of hydrogen-bond donors (Lipinski definition) is 1. The summed E-state index contributed by atoms with van der Waals surface area (Å²) >= 11 is 6.21. The van der Waals surface area contributed by atoms with Crippen LogP contribution in [0.3, 0.4) is 0 Å². The number of para-hydroxylation sites is 1. The van der Waals surface area contributed by atoms with Crippen LogP contribution in [-0.2, 0) is 17.4 Å². The maximum absolute atomic E-state index is 13.6. The van der Waals surface area contributed by atoms with E-state index >= 15 is 0 Å². The maximum Gasteiger partial charge on any atom is 0.418 e. The molecule has 2 aromatic heterocycles. The molecular formula is C24H20ClF3N4O2. The van der Waals surface area contributed by atoms with Gasteiger partial charge in [0.2, 0.25) is 5.91 Å². The Bertz CT molecular complexity index is 1450. The van der Waals surface area contributed by atoms with Crippen molar-refractivity contribution in [1.29, 1.82) is 0 Å². The summed E-state index contributed by atoms with van der Waals surface area (Å²) in [4.78, 5) is 33.7. The van der Waals surface area contributed by atoms with Gasteiger partial charge in [-0.3, -0.25) is 14.3 Å². The average Bonchev–Trinajstić information content (AvgIpc) is 3.14. The average molecular weight is 489 g/mol. The zero-order valence-electron chi connectivity index (χ0n) is 17.9. The zero-order valence-corrected chi connectivity index (χ0v) is 18.7. The van der Waals surface area contributed by atoms with E-state index in [4.69, 9.17) is 11.6 Å². The van der Waals surface area contributed by atoms with Crippen LogP contribution in [0.1, 0.15) is 30.0 Å². The van der Waals surface area contributed by atoms with E-state index in [1.54, 1.807) is 17.3 Å². The Kier molecular flexibility index (Phi) is 5.59. The molecule has 1 saturated heterocycles. The van der Waals surface area contributed by atoms with Crippen molar-refractivity contribution in [3.05, 3.63) is 75.4 Å². The first-order valence-corrected chi connectivity index (χ1v) is 11.2. The van der Waals surface area contributed by atoms with Crippen molar-refractivity contribution in [2.24, 2.45) is 0 Å². The normalized spacial score (nSPS) is 15.4. The Labute approximate surface area is 197 Å². The highest BCUT2D eigenvalue weighted by Crippen LogP contribution is 2.36. The molecule has 34 heavy (non-hydrogen) atoms. The lowest BCUT2D eigenvalue weighted by Crippen LogP contribution is -2.41. The molecular weight excluding hydrogens is 469 g/mol. The van der Waals surface area contributed by atoms with Gasteiger partial charge in [0.05, 0.1) is 28.0 Å². The number of nitrogens with zero attached hydrogens (tertiary/aromatic N) is 3. The number of benzene rings is 2. The second kappa shape index (κ2) is 8.47. The van der Waals surface area contributed by atoms with Gasteiger partial charge in [-0.15, -0.1) is 0 Å². The number of hydrogen-bond acceptors (Lipinski definition) is 3. The van der Waals surface area contributed by atoms with Crippen LogP contribution >= 0.6 is 11.6 Å². The molecule has 1 aliphatic heterocycles. The summed E-state index contributed by atoms with van der Waals surface area (Å²) in [5.74, 6) is -0.0785. The number of carbonyl (C=O) groups excluding carboxylic acids is 1. The van der Waals surface area contributed by atoms with Crippen molar-refractivity contribution in [3.63, 3.8) is 0 Å². The van der Waals surface area contributed by atoms with Crippen molar-refractivity contribution in [3.8, 4) is 0 Å². The van der Waals surface area contributed by atoms with Crippen LogP contribution in [0.15, 0.2) is 53.6 Å². The monoisotopic (exact) mass is 488 g/mol. The molecule has 6 nitrogen and oxygen atoms in total. The van der Waals surface area contributed by atoms with E-state index in [0.717, 1.165) is 22.4 Å². The van der Waals surface area contributed by atoms with E-state index in [-0.39, 0.29) is 23.4 Å². The highest BCUT2D eigenvalue weighted by molar-refractivity contribution is 6.35. The van der Waals surface area contributed by atoms with Gasteiger partial charge in [0, 0.05) is 42.3 Å². The van der Waals surface area contributed by atoms with Crippen molar-refractivity contribution in [2.45, 2.75) is 31.5 Å². The molecule has 1 aliphatic rings. The minimum absolute atomic E-state index is 0.0785. The van der Waals surface area contributed by atoms with Gasteiger partial charge < -0.3 is 9.88 Å². The summed E-state index contributed by atoms with van der Waals surface area (Å²) in [5.41, 5.74) is -0.572. The third kappa shape index (κ3) is 4.04. The first-order chi connectivity index (χ1) is 16.2. The van der Waals surface area contributed by atoms with Gasteiger partial charge in [0.1, 0.15) is 0 Å². The third-order valence-corrected chi connectivity index (χ3v) is 6.66. The summed E-state index contributed by atoms with van der Waals surface area (Å²) in [7, 11) is 0. The van der Waals surface area contributed by atoms with Crippen molar-refractivity contribution < 1.29 is 18.0 Å². The molecule has 0 atom stereocenters. The van der Waals surface area contributed by atoms with Crippen LogP contribution in [0.25, 0.3) is 21.8 Å². The summed E-state index contributed by atoms with van der Waals surface area (Å²) in [6.07, 6.45) is -0.360. The van der Waals surface area contributed by atoms with Crippen LogP contribution in [0.2, 0.25) is 5.02 Å². The SMILES string of the molecule is O=C(Cc1ccc2cncc(Cl)c2c1)N1CCC(n2c(=O)[nH]c3cccc(C(F)(F)F)c32)CC1. The molecule has 1 N–H and O–H groups in total. The molecule has 0 bridgehead atoms. The highest BCUT2D eigenvalue weighted by Gasteiger charge is 2.36. The Morgan fingerprint density at radius 3 is 2.65 bits per heavy atom. The van der Waals surface area contributed by atoms with Crippen molar-refractivity contribution >= 4 is 39.3 Å². The molecule has 0 saturated carbocycles. The van der Waals surface area contributed by atoms with E-state index in [9.17, 15) is 22.8 Å². The molecule has 0 unspecified atom stereocenters. The van der Waals surface area contributed by atoms with Crippen molar-refractivity contribution in [1.82, 2.24) is 19.4 Å². The molecule has 1 fully saturated rings. The minimum Gasteiger partial charge on any atom is -0.342 e. The van der Waals surface area contributed by atoms with E-state index in [1.807, 2.05) is 18.2 Å². The minimum atomic E-state index is -4.58. The predicted molar refractivity (Wildman–Crippen MR) is 123 cm³/mol. The molecule has 176 valence electrons. The molecule has 3 heterocycles. The number of nitrogens with one attached hydrogen (secondary N) is 1. The number of carbonyl (C=O) groups is 1. The zero-order chi connectivity index (χ0) is 24.0. The van der Waals surface area contributed by atoms with Gasteiger partial charge in [0.15, 0.2) is 0 Å². The molecule has 0 radical (unpaired) electrons. The topological polar surface area (TPSA) is 71.0 Å². The number of pyridine rings is 1. The molecule has 10 heteroatoms. The fraction of sp³-hybridized carbons (Fsp3) is 0.292. The predicted octanol–water partition coefficient (Wildman–Crippen LogP) is 4.96. The highest BCUT2D eigenvalue weighted by atomic mass is 35.5. The van der Waals surface area contributed by atoms with Crippen molar-refractivity contribution in [2.75, 3.05) is 13.1 Å². The largest absolute Gasteiger partial charge is 0.418 e. The number of aromatic nitrogens is 3. The fourth-order valence-electron chi connectivity index (χ4n) is 4.70. The molecule has 0 spiro atoms. The second-order valence-corrected chi connectivity index (χ2v) is 8.87. The summed E-state index contributed by atoms with van der Waals surface area (Å²) in [6.45, 7) is 0.712. The Morgan fingerprint density at radius 2 is 1.91 bits per heavy atom. The van der Waals surface area contributed by atoms with E-state index < -0.39 is 23.5 Å². The van der Waals surface area contributed by atoms with Crippen LogP contribution in [0, 0.1) is 0 Å². The smallest absolute Gasteiger partial charge is 0.342 e. The molecule has 0 aliphatic carbocycles. The lowest BCUT2D eigenvalue weighted by molar-refractivity contribution is -0.136. The Balaban J connectivity index is 1.33. The molecule has 4 aromatic rings. The lowest BCUT2D eigenvalue weighted by Gasteiger charge is -2.33. The standard InChI is InChI=1S/C24H20ClF3N4O2/c25-19-13-29-12-15-5-4-14(10-17(15)19)11-21(33)31-8-6-16(7-9-31)32-22-18(24(26,27)28)2-1-3-20(22)30-23(32)34/h1-5,10,12-13,16H,6-9,11H2,(H,30,34). The summed E-state index contributed by atoms with van der Waals surface area (Å²) in [5, 5.41) is 2.21. The van der Waals surface area contributed by atoms with E-state index in [0.29, 0.717) is 31.0 Å². The molecule has 2 aromatic carbocycles. The van der Waals surface area contributed by atoms with E-state index in [2.05, 4.69) is 9.97 Å². The fourth-order valence-corrected chi connectivity index (χ4v) is 4.92. The van der Waals surface area contributed by atoms with Crippen LogP contribution < -0.4 is 5.69 Å². The number of amides is 1. The van der Waals surface area contributed by atoms with Gasteiger partial charge in [-0.25, -0.2) is 4.79 Å². The van der Waals surface area contributed by atoms with Crippen LogP contribution in [-0.4, -0.2) is 38.4 Å². The van der Waals surface area contributed by atoms with Gasteiger partial charge in [-0.1, -0.05) is 29.8 Å². The van der Waals surface area contributed by atoms with Gasteiger partial charge in [-0.05, 0) is 36.6 Å². The number of rotatable bonds is 3. The summed E-state index contributed by atoms with van der Waals surface area (Å²) < 4.78 is 41.9. The quantitative estimate of drug-likeness (QED) is 0.443. The molecule has 5 rings (SSSR count). The lowest BCUT2D eigenvalue weighted by atomic mass is 10.0. The first-order valence-electron chi connectivity index (χ1n) is 10.8. The second-order valence-electron chi connectivity index (χ2n) is 8.47. The summed E-state index contributed by atoms with van der Waals surface area (Å²) in [6, 6.07) is 8.89. The number of likely N-dealkylation sites (tertiary alicyclic amines) is 1. The number of imidazole rings is 1. The number of alkyl halides is 3. The van der Waals surface area contributed by atoms with Gasteiger partial charge >= 0.3 is 11.9 Å². The van der Waals surface area contributed by atoms with Crippen LogP contribution in [0.5, 0.6) is 0 Å². The maximum atomic E-state index is 13.6. The number of H-pyrrole nitrogens is 1. The third-order valence-electron chi connectivity index (χ3n) is 6.36. The van der Waals surface area contributed by atoms with Gasteiger partial charge in [-0.2, -0.15) is 13.2 Å². The number of fused-ring (bicyclic) bond motifs is 2. The van der Waals surface area contributed by atoms with E-state index in [1.165, 1.54) is 16.7 Å². The number of piperidine rings is 1. The first kappa shape index (κ1) is 22.5. The Morgan fingerprint density at radius 1 is 1.15 bits per heavy atom. The number of aromatic amines is 1.